The molecule has 2 aromatic heterocycles. The molecule has 6 nitrogen and oxygen atoms in total. The number of carbonyl (C=O) groups excluding carboxylic acids is 1. The van der Waals surface area contributed by atoms with Crippen LogP contribution in [-0.4, -0.2) is 22.0 Å². The van der Waals surface area contributed by atoms with Gasteiger partial charge in [0.05, 0.1) is 16.6 Å². The molecule has 0 saturated carbocycles. The molecule has 0 saturated heterocycles. The molecule has 2 aromatic carbocycles. The smallest absolute Gasteiger partial charge is 0.307 e. The predicted molar refractivity (Wildman–Crippen MR) is 103 cm³/mol. The first-order valence-corrected chi connectivity index (χ1v) is 8.98. The minimum Gasteiger partial charge on any atom is -0.481 e. The molecule has 1 amide bonds. The summed E-state index contributed by atoms with van der Waals surface area (Å²) < 4.78 is 6.71. The minimum absolute atomic E-state index is 0.134. The first-order valence-electron chi connectivity index (χ1n) is 8.17. The summed E-state index contributed by atoms with van der Waals surface area (Å²) >= 11 is 1.49. The lowest BCUT2D eigenvalue weighted by atomic mass is 10.1. The number of nitrogens with one attached hydrogen (secondary N) is 1. The summed E-state index contributed by atoms with van der Waals surface area (Å²) in [5.74, 6) is -0.762. The summed E-state index contributed by atoms with van der Waals surface area (Å²) in [5, 5.41) is 12.4. The Bertz CT molecular complexity index is 1110. The largest absolute Gasteiger partial charge is 0.481 e. The van der Waals surface area contributed by atoms with Gasteiger partial charge in [0, 0.05) is 5.69 Å². The average molecular weight is 378 g/mol. The van der Waals surface area contributed by atoms with E-state index in [0.29, 0.717) is 22.0 Å². The summed E-state index contributed by atoms with van der Waals surface area (Å²) in [4.78, 5) is 28.0. The number of carbonyl (C=O) groups is 2. The van der Waals surface area contributed by atoms with Gasteiger partial charge in [-0.25, -0.2) is 4.98 Å². The fourth-order valence-electron chi connectivity index (χ4n) is 2.70. The standard InChI is InChI=1S/C20H14N2O4S/c23-18(24)11-12-5-1-2-6-13(12)21-19(25)15-9-10-16(26-15)20-22-14-7-3-4-8-17(14)27-20/h1-10H,11H2,(H,21,25)(H,23,24). The van der Waals surface area contributed by atoms with Gasteiger partial charge < -0.3 is 14.8 Å². The van der Waals surface area contributed by atoms with E-state index in [-0.39, 0.29) is 12.2 Å². The highest BCUT2D eigenvalue weighted by Gasteiger charge is 2.16. The van der Waals surface area contributed by atoms with Gasteiger partial charge in [0.1, 0.15) is 0 Å². The lowest BCUT2D eigenvalue weighted by molar-refractivity contribution is -0.136. The van der Waals surface area contributed by atoms with Gasteiger partial charge in [-0.2, -0.15) is 0 Å². The van der Waals surface area contributed by atoms with Crippen molar-refractivity contribution in [3.63, 3.8) is 0 Å². The summed E-state index contributed by atoms with van der Waals surface area (Å²) in [7, 11) is 0. The molecule has 2 N–H and O–H groups in total. The number of aliphatic carboxylic acids is 1. The number of carboxylic acid groups (broad SMARTS) is 1. The van der Waals surface area contributed by atoms with Crippen LogP contribution in [0.5, 0.6) is 0 Å². The summed E-state index contributed by atoms with van der Waals surface area (Å²) in [6.45, 7) is 0. The van der Waals surface area contributed by atoms with Crippen LogP contribution < -0.4 is 5.32 Å². The van der Waals surface area contributed by atoms with Gasteiger partial charge in [0.25, 0.3) is 5.91 Å². The molecule has 0 bridgehead atoms. The van der Waals surface area contributed by atoms with E-state index < -0.39 is 11.9 Å². The fraction of sp³-hybridized carbons (Fsp3) is 0.0500. The maximum atomic E-state index is 12.5. The first kappa shape index (κ1) is 17.0. The molecule has 4 rings (SSSR count). The second kappa shape index (κ2) is 7.05. The van der Waals surface area contributed by atoms with Crippen molar-refractivity contribution in [1.82, 2.24) is 4.98 Å². The molecule has 0 aliphatic rings. The zero-order chi connectivity index (χ0) is 18.8. The van der Waals surface area contributed by atoms with E-state index >= 15 is 0 Å². The Labute approximate surface area is 158 Å². The lowest BCUT2D eigenvalue weighted by Crippen LogP contribution is -2.13. The van der Waals surface area contributed by atoms with E-state index in [1.54, 1.807) is 36.4 Å². The molecule has 7 heteroatoms. The fourth-order valence-corrected chi connectivity index (χ4v) is 3.62. The molecule has 27 heavy (non-hydrogen) atoms. The van der Waals surface area contributed by atoms with Gasteiger partial charge in [0.15, 0.2) is 16.5 Å². The van der Waals surface area contributed by atoms with Crippen LogP contribution in [0.2, 0.25) is 0 Å². The van der Waals surface area contributed by atoms with Gasteiger partial charge >= 0.3 is 5.97 Å². The van der Waals surface area contributed by atoms with Crippen molar-refractivity contribution in [3.8, 4) is 10.8 Å². The van der Waals surface area contributed by atoms with Crippen LogP contribution in [0.1, 0.15) is 16.1 Å². The summed E-state index contributed by atoms with van der Waals surface area (Å²) in [6.07, 6.45) is -0.175. The molecule has 134 valence electrons. The number of aromatic nitrogens is 1. The van der Waals surface area contributed by atoms with E-state index in [1.165, 1.54) is 11.3 Å². The Morgan fingerprint density at radius 3 is 2.63 bits per heavy atom. The molecular weight excluding hydrogens is 364 g/mol. The normalized spacial score (nSPS) is 10.8. The van der Waals surface area contributed by atoms with Crippen molar-refractivity contribution in [1.29, 1.82) is 0 Å². The Morgan fingerprint density at radius 1 is 1.04 bits per heavy atom. The highest BCUT2D eigenvalue weighted by atomic mass is 32.1. The molecule has 0 spiro atoms. The van der Waals surface area contributed by atoms with Crippen LogP contribution in [0.15, 0.2) is 65.1 Å². The maximum absolute atomic E-state index is 12.5. The third-order valence-corrected chi connectivity index (χ3v) is 4.99. The van der Waals surface area contributed by atoms with Crippen LogP contribution >= 0.6 is 11.3 Å². The number of anilines is 1. The van der Waals surface area contributed by atoms with Crippen LogP contribution in [0.3, 0.4) is 0 Å². The zero-order valence-electron chi connectivity index (χ0n) is 14.0. The van der Waals surface area contributed by atoms with Crippen molar-refractivity contribution < 1.29 is 19.1 Å². The van der Waals surface area contributed by atoms with Gasteiger partial charge in [-0.05, 0) is 35.9 Å². The Kier molecular flexibility index (Phi) is 4.43. The number of fused-ring (bicyclic) bond motifs is 1. The minimum atomic E-state index is -0.965. The topological polar surface area (TPSA) is 92.4 Å². The van der Waals surface area contributed by atoms with Gasteiger partial charge in [0.2, 0.25) is 0 Å². The molecule has 4 aromatic rings. The van der Waals surface area contributed by atoms with E-state index in [2.05, 4.69) is 10.3 Å². The Balaban J connectivity index is 1.57. The molecule has 2 heterocycles. The van der Waals surface area contributed by atoms with Crippen LogP contribution in [-0.2, 0) is 11.2 Å². The van der Waals surface area contributed by atoms with E-state index in [0.717, 1.165) is 10.2 Å². The second-order valence-corrected chi connectivity index (χ2v) is 6.86. The number of benzene rings is 2. The van der Waals surface area contributed by atoms with Gasteiger partial charge in [-0.15, -0.1) is 11.3 Å². The summed E-state index contributed by atoms with van der Waals surface area (Å²) in [6, 6.07) is 17.8. The number of thiazole rings is 1. The maximum Gasteiger partial charge on any atom is 0.307 e. The Hall–Kier alpha value is -3.45. The molecule has 0 fully saturated rings. The third-order valence-electron chi connectivity index (χ3n) is 3.94. The molecule has 0 radical (unpaired) electrons. The van der Waals surface area contributed by atoms with Crippen LogP contribution in [0.4, 0.5) is 5.69 Å². The van der Waals surface area contributed by atoms with Crippen LogP contribution in [0.25, 0.3) is 21.0 Å². The number of nitrogens with zero attached hydrogens (tertiary/aromatic N) is 1. The quantitative estimate of drug-likeness (QED) is 0.536. The number of hydrogen-bond donors (Lipinski definition) is 2. The molecule has 0 atom stereocenters. The zero-order valence-corrected chi connectivity index (χ0v) is 14.8. The SMILES string of the molecule is O=C(O)Cc1ccccc1NC(=O)c1ccc(-c2nc3ccccc3s2)o1. The van der Waals surface area contributed by atoms with Crippen molar-refractivity contribution in [2.24, 2.45) is 0 Å². The van der Waals surface area contributed by atoms with Crippen molar-refractivity contribution >= 4 is 39.1 Å². The van der Waals surface area contributed by atoms with E-state index in [1.807, 2.05) is 24.3 Å². The number of rotatable bonds is 5. The van der Waals surface area contributed by atoms with Crippen molar-refractivity contribution in [2.75, 3.05) is 5.32 Å². The monoisotopic (exact) mass is 378 g/mol. The van der Waals surface area contributed by atoms with Crippen molar-refractivity contribution in [2.45, 2.75) is 6.42 Å². The van der Waals surface area contributed by atoms with Gasteiger partial charge in [-0.1, -0.05) is 30.3 Å². The van der Waals surface area contributed by atoms with E-state index in [4.69, 9.17) is 9.52 Å². The molecule has 0 aliphatic heterocycles. The predicted octanol–water partition coefficient (Wildman–Crippen LogP) is 4.44. The van der Waals surface area contributed by atoms with E-state index in [9.17, 15) is 9.59 Å². The Morgan fingerprint density at radius 2 is 1.81 bits per heavy atom. The second-order valence-electron chi connectivity index (χ2n) is 5.83. The third kappa shape index (κ3) is 3.58. The number of amides is 1. The van der Waals surface area contributed by atoms with Crippen LogP contribution in [0, 0.1) is 0 Å². The first-order chi connectivity index (χ1) is 13.1. The molecule has 0 unspecified atom stereocenters. The number of hydrogen-bond acceptors (Lipinski definition) is 5. The van der Waals surface area contributed by atoms with Crippen molar-refractivity contribution in [3.05, 3.63) is 72.0 Å². The number of carboxylic acids is 1. The lowest BCUT2D eigenvalue weighted by Gasteiger charge is -2.08. The highest BCUT2D eigenvalue weighted by molar-refractivity contribution is 7.21. The summed E-state index contributed by atoms with van der Waals surface area (Å²) in [5.41, 5.74) is 1.85. The number of furan rings is 1. The highest BCUT2D eigenvalue weighted by Crippen LogP contribution is 2.31. The molecular formula is C20H14N2O4S. The number of para-hydroxylation sites is 2. The average Bonchev–Trinajstić information content (AvgIpc) is 3.29. The molecule has 0 aliphatic carbocycles. The van der Waals surface area contributed by atoms with Gasteiger partial charge in [-0.3, -0.25) is 9.59 Å².